The van der Waals surface area contributed by atoms with Crippen LogP contribution in [0.5, 0.6) is 0 Å². The molecule has 0 fully saturated rings. The number of carbonyl (C=O) groups is 2. The number of rotatable bonds is 4. The highest BCUT2D eigenvalue weighted by Crippen LogP contribution is 2.17. The van der Waals surface area contributed by atoms with Gasteiger partial charge in [-0.1, -0.05) is 18.2 Å². The number of alkyl halides is 1. The number of halogens is 1. The fourth-order valence-corrected chi connectivity index (χ4v) is 1.52. The third kappa shape index (κ3) is 2.57. The third-order valence-electron chi connectivity index (χ3n) is 2.40. The number of anilines is 1. The van der Waals surface area contributed by atoms with Crippen molar-refractivity contribution in [3.63, 3.8) is 0 Å². The summed E-state index contributed by atoms with van der Waals surface area (Å²) < 4.78 is 0. The monoisotopic (exact) mass is 256 g/mol. The van der Waals surface area contributed by atoms with Crippen molar-refractivity contribution in [1.82, 2.24) is 0 Å². The van der Waals surface area contributed by atoms with Gasteiger partial charge in [-0.15, -0.1) is 11.6 Å². The Kier molecular flexibility index (Phi) is 4.09. The van der Waals surface area contributed by atoms with E-state index in [-0.39, 0.29) is 0 Å². The molecule has 0 aliphatic rings. The van der Waals surface area contributed by atoms with Crippen LogP contribution in [-0.2, 0) is 9.59 Å². The number of nitrogens with zero attached hydrogens (tertiary/aromatic N) is 1. The second-order valence-corrected chi connectivity index (χ2v) is 3.83. The van der Waals surface area contributed by atoms with Gasteiger partial charge in [0.05, 0.1) is 5.88 Å². The fourth-order valence-electron chi connectivity index (χ4n) is 1.27. The first-order chi connectivity index (χ1) is 7.93. The number of aliphatic hydroxyl groups is 1. The molecule has 1 unspecified atom stereocenters. The summed E-state index contributed by atoms with van der Waals surface area (Å²) in [6, 6.07) is 8.55. The lowest BCUT2D eigenvalue weighted by Gasteiger charge is -2.27. The topological polar surface area (TPSA) is 83.6 Å². The van der Waals surface area contributed by atoms with Gasteiger partial charge in [0.15, 0.2) is 0 Å². The predicted octanol–water partition coefficient (Wildman–Crippen LogP) is 0.105. The van der Waals surface area contributed by atoms with Gasteiger partial charge in [-0.05, 0) is 12.1 Å². The summed E-state index contributed by atoms with van der Waals surface area (Å²) in [6.45, 7) is 0. The highest BCUT2D eigenvalue weighted by Gasteiger charge is 2.43. The van der Waals surface area contributed by atoms with Crippen LogP contribution in [0.2, 0.25) is 0 Å². The average Bonchev–Trinajstić information content (AvgIpc) is 2.36. The third-order valence-corrected chi connectivity index (χ3v) is 2.79. The molecule has 1 aromatic rings. The van der Waals surface area contributed by atoms with E-state index in [2.05, 4.69) is 0 Å². The van der Waals surface area contributed by atoms with Crippen LogP contribution in [0.1, 0.15) is 0 Å². The molecule has 0 spiro atoms. The van der Waals surface area contributed by atoms with Crippen molar-refractivity contribution < 1.29 is 14.7 Å². The molecular formula is C11H13ClN2O3. The Labute approximate surface area is 104 Å². The minimum absolute atomic E-state index is 0.530. The normalized spacial score (nSPS) is 13.8. The van der Waals surface area contributed by atoms with Gasteiger partial charge in [-0.2, -0.15) is 0 Å². The Morgan fingerprint density at radius 1 is 1.41 bits per heavy atom. The molecule has 6 heteroatoms. The van der Waals surface area contributed by atoms with Crippen LogP contribution < -0.4 is 10.6 Å². The van der Waals surface area contributed by atoms with Crippen molar-refractivity contribution in [2.24, 2.45) is 5.73 Å². The lowest BCUT2D eigenvalue weighted by atomic mass is 10.0. The van der Waals surface area contributed by atoms with Gasteiger partial charge in [-0.25, -0.2) is 0 Å². The van der Waals surface area contributed by atoms with Crippen molar-refractivity contribution in [2.75, 3.05) is 17.8 Å². The molecule has 1 atom stereocenters. The van der Waals surface area contributed by atoms with E-state index < -0.39 is 23.3 Å². The maximum absolute atomic E-state index is 11.9. The largest absolute Gasteiger partial charge is 0.371 e. The molecule has 0 aliphatic heterocycles. The number of primary amides is 1. The van der Waals surface area contributed by atoms with Crippen LogP contribution in [0.3, 0.4) is 0 Å². The zero-order valence-electron chi connectivity index (χ0n) is 9.26. The minimum atomic E-state index is -2.38. The number of hydrogen-bond acceptors (Lipinski definition) is 3. The fraction of sp³-hybridized carbons (Fsp3) is 0.273. The van der Waals surface area contributed by atoms with Gasteiger partial charge in [0, 0.05) is 12.7 Å². The summed E-state index contributed by atoms with van der Waals surface area (Å²) in [5, 5.41) is 9.80. The molecule has 0 radical (unpaired) electrons. The summed E-state index contributed by atoms with van der Waals surface area (Å²) >= 11 is 5.43. The van der Waals surface area contributed by atoms with Crippen molar-refractivity contribution in [3.8, 4) is 0 Å². The highest BCUT2D eigenvalue weighted by atomic mass is 35.5. The number of carbonyl (C=O) groups excluding carboxylic acids is 2. The van der Waals surface area contributed by atoms with Gasteiger partial charge < -0.3 is 15.7 Å². The van der Waals surface area contributed by atoms with E-state index in [9.17, 15) is 14.7 Å². The van der Waals surface area contributed by atoms with Crippen molar-refractivity contribution >= 4 is 29.1 Å². The molecule has 0 aliphatic carbocycles. The number of likely N-dealkylation sites (N-methyl/N-ethyl adjacent to an activating group) is 1. The molecule has 0 saturated heterocycles. The highest BCUT2D eigenvalue weighted by molar-refractivity contribution is 6.26. The number of para-hydroxylation sites is 1. The molecule has 92 valence electrons. The molecule has 17 heavy (non-hydrogen) atoms. The molecule has 3 N–H and O–H groups in total. The molecule has 5 nitrogen and oxygen atoms in total. The van der Waals surface area contributed by atoms with Crippen LogP contribution in [0.4, 0.5) is 5.69 Å². The average molecular weight is 257 g/mol. The van der Waals surface area contributed by atoms with E-state index in [0.717, 1.165) is 4.90 Å². The number of nitrogens with two attached hydrogens (primary N) is 1. The minimum Gasteiger partial charge on any atom is -0.371 e. The number of hydrogen-bond donors (Lipinski definition) is 2. The molecule has 2 amide bonds. The Morgan fingerprint density at radius 3 is 2.35 bits per heavy atom. The summed E-state index contributed by atoms with van der Waals surface area (Å²) in [5.41, 5.74) is 3.12. The van der Waals surface area contributed by atoms with Gasteiger partial charge >= 0.3 is 0 Å². The summed E-state index contributed by atoms with van der Waals surface area (Å²) in [5.74, 6) is -2.61. The first-order valence-electron chi connectivity index (χ1n) is 4.85. The first-order valence-corrected chi connectivity index (χ1v) is 5.38. The smallest absolute Gasteiger partial charge is 0.269 e. The number of amides is 2. The standard InChI is InChI=1S/C11H13ClN2O3/c1-14(8-5-3-2-4-6-8)10(16)11(17,7-12)9(13)15/h2-6,17H,7H2,1H3,(H2,13,15). The van der Waals surface area contributed by atoms with Gasteiger partial charge in [0.2, 0.25) is 5.60 Å². The summed E-state index contributed by atoms with van der Waals surface area (Å²) in [6.07, 6.45) is 0. The van der Waals surface area contributed by atoms with E-state index in [4.69, 9.17) is 17.3 Å². The molecule has 0 bridgehead atoms. The van der Waals surface area contributed by atoms with Crippen molar-refractivity contribution in [2.45, 2.75) is 5.60 Å². The molecule has 0 saturated carbocycles. The van der Waals surface area contributed by atoms with E-state index in [1.165, 1.54) is 7.05 Å². The quantitative estimate of drug-likeness (QED) is 0.592. The Balaban J connectivity index is 3.01. The predicted molar refractivity (Wildman–Crippen MR) is 64.7 cm³/mol. The maximum Gasteiger partial charge on any atom is 0.269 e. The molecular weight excluding hydrogens is 244 g/mol. The Bertz CT molecular complexity index is 424. The summed E-state index contributed by atoms with van der Waals surface area (Å²) in [4.78, 5) is 24.1. The van der Waals surface area contributed by atoms with E-state index in [1.807, 2.05) is 0 Å². The zero-order valence-corrected chi connectivity index (χ0v) is 10.0. The van der Waals surface area contributed by atoms with Gasteiger partial charge in [0.1, 0.15) is 0 Å². The van der Waals surface area contributed by atoms with Crippen molar-refractivity contribution in [3.05, 3.63) is 30.3 Å². The lowest BCUT2D eigenvalue weighted by molar-refractivity contribution is -0.147. The van der Waals surface area contributed by atoms with Gasteiger partial charge in [0.25, 0.3) is 11.8 Å². The van der Waals surface area contributed by atoms with E-state index in [1.54, 1.807) is 30.3 Å². The second-order valence-electron chi connectivity index (χ2n) is 3.56. The van der Waals surface area contributed by atoms with Gasteiger partial charge in [-0.3, -0.25) is 9.59 Å². The molecule has 0 heterocycles. The van der Waals surface area contributed by atoms with Crippen molar-refractivity contribution in [1.29, 1.82) is 0 Å². The second kappa shape index (κ2) is 5.16. The van der Waals surface area contributed by atoms with Crippen LogP contribution in [0, 0.1) is 0 Å². The van der Waals surface area contributed by atoms with Crippen LogP contribution >= 0.6 is 11.6 Å². The SMILES string of the molecule is CN(C(=O)C(O)(CCl)C(N)=O)c1ccccc1. The Morgan fingerprint density at radius 2 is 1.94 bits per heavy atom. The lowest BCUT2D eigenvalue weighted by Crippen LogP contribution is -2.57. The molecule has 0 aromatic heterocycles. The van der Waals surface area contributed by atoms with Crippen LogP contribution in [-0.4, -0.2) is 35.4 Å². The Hall–Kier alpha value is -1.59. The van der Waals surface area contributed by atoms with E-state index in [0.29, 0.717) is 5.69 Å². The van der Waals surface area contributed by atoms with Crippen LogP contribution in [0.25, 0.3) is 0 Å². The molecule has 1 aromatic carbocycles. The summed E-state index contributed by atoms with van der Waals surface area (Å²) in [7, 11) is 1.43. The molecule has 1 rings (SSSR count). The first kappa shape index (κ1) is 13.5. The number of benzene rings is 1. The zero-order chi connectivity index (χ0) is 13.1. The van der Waals surface area contributed by atoms with Crippen LogP contribution in [0.15, 0.2) is 30.3 Å². The maximum atomic E-state index is 11.9. The van der Waals surface area contributed by atoms with E-state index >= 15 is 0 Å².